The van der Waals surface area contributed by atoms with Crippen LogP contribution in [0, 0.1) is 6.92 Å². The van der Waals surface area contributed by atoms with Gasteiger partial charge in [0.2, 0.25) is 0 Å². The highest BCUT2D eigenvalue weighted by Crippen LogP contribution is 2.33. The Morgan fingerprint density at radius 3 is 2.13 bits per heavy atom. The van der Waals surface area contributed by atoms with Gasteiger partial charge in [0.25, 0.3) is 10.2 Å². The molecule has 0 aliphatic rings. The molecule has 0 spiro atoms. The lowest BCUT2D eigenvalue weighted by Crippen LogP contribution is -2.21. The van der Waals surface area contributed by atoms with Crippen molar-refractivity contribution in [2.75, 3.05) is 4.72 Å². The summed E-state index contributed by atoms with van der Waals surface area (Å²) < 4.78 is 27.0. The van der Waals surface area contributed by atoms with Crippen LogP contribution in [0.2, 0.25) is 0 Å². The molecule has 0 bridgehead atoms. The zero-order valence-corrected chi connectivity index (χ0v) is 18.1. The summed E-state index contributed by atoms with van der Waals surface area (Å²) in [7, 11) is -3.79. The normalized spacial score (nSPS) is 11.9. The lowest BCUT2D eigenvalue weighted by molar-refractivity contribution is 0.603. The van der Waals surface area contributed by atoms with Gasteiger partial charge in [-0.05, 0) is 59.9 Å². The minimum Gasteiger partial charge on any atom is -0.316 e. The van der Waals surface area contributed by atoms with E-state index in [0.29, 0.717) is 11.6 Å². The average Bonchev–Trinajstić information content (AvgIpc) is 3.07. The van der Waals surface area contributed by atoms with E-state index in [-0.39, 0.29) is 0 Å². The minimum atomic E-state index is -3.79. The summed E-state index contributed by atoms with van der Waals surface area (Å²) in [6.45, 7) is 6.46. The number of nitrogens with zero attached hydrogens (tertiary/aromatic N) is 1. The summed E-state index contributed by atoms with van der Waals surface area (Å²) in [5.74, 6) is 0.377. The monoisotopic (exact) mass is 419 g/mol. The van der Waals surface area contributed by atoms with Crippen LogP contribution >= 0.6 is 0 Å². The highest BCUT2D eigenvalue weighted by Gasteiger charge is 2.14. The topological polar surface area (TPSA) is 77.1 Å². The van der Waals surface area contributed by atoms with Gasteiger partial charge in [-0.1, -0.05) is 55.8 Å². The third-order valence-corrected chi connectivity index (χ3v) is 5.77. The van der Waals surface area contributed by atoms with Crippen molar-refractivity contribution in [3.8, 4) is 16.8 Å². The number of hydrogen-bond acceptors (Lipinski definition) is 2. The van der Waals surface area contributed by atoms with Gasteiger partial charge in [0.15, 0.2) is 0 Å². The van der Waals surface area contributed by atoms with E-state index in [4.69, 9.17) is 5.14 Å². The standard InChI is InChI=1S/C24H25N3O2S/c1-16(2)23-15-27(21-11-9-20(10-12-21)26-30(25,28)29)24-14-19(8-13-22(23)24)18-6-4-17(3)5-7-18/h4-16,26H,1-3H3,(H2,25,28,29). The maximum Gasteiger partial charge on any atom is 0.296 e. The molecule has 6 heteroatoms. The zero-order valence-electron chi connectivity index (χ0n) is 17.3. The Hall–Kier alpha value is -3.09. The molecule has 4 rings (SSSR count). The van der Waals surface area contributed by atoms with Crippen LogP contribution in [0.5, 0.6) is 0 Å². The number of nitrogens with one attached hydrogen (secondary N) is 1. The molecule has 0 aliphatic heterocycles. The van der Waals surface area contributed by atoms with Crippen molar-refractivity contribution in [1.29, 1.82) is 0 Å². The second-order valence-corrected chi connectivity index (χ2v) is 9.20. The van der Waals surface area contributed by atoms with E-state index in [1.54, 1.807) is 12.1 Å². The lowest BCUT2D eigenvalue weighted by atomic mass is 9.99. The number of aromatic nitrogens is 1. The van der Waals surface area contributed by atoms with Crippen LogP contribution in [0.3, 0.4) is 0 Å². The summed E-state index contributed by atoms with van der Waals surface area (Å²) >= 11 is 0. The van der Waals surface area contributed by atoms with Crippen LogP contribution in [-0.4, -0.2) is 13.0 Å². The highest BCUT2D eigenvalue weighted by atomic mass is 32.2. The van der Waals surface area contributed by atoms with Crippen LogP contribution in [0.25, 0.3) is 27.7 Å². The molecule has 1 heterocycles. The summed E-state index contributed by atoms with van der Waals surface area (Å²) in [5.41, 5.74) is 7.34. The molecule has 3 N–H and O–H groups in total. The van der Waals surface area contributed by atoms with Crippen LogP contribution in [0.1, 0.15) is 30.9 Å². The van der Waals surface area contributed by atoms with Gasteiger partial charge < -0.3 is 4.57 Å². The fraction of sp³-hybridized carbons (Fsp3) is 0.167. The number of rotatable bonds is 5. The Morgan fingerprint density at radius 1 is 0.900 bits per heavy atom. The molecule has 0 radical (unpaired) electrons. The van der Waals surface area contributed by atoms with Gasteiger partial charge in [-0.3, -0.25) is 4.72 Å². The van der Waals surface area contributed by atoms with Crippen molar-refractivity contribution in [1.82, 2.24) is 4.57 Å². The maximum absolute atomic E-state index is 11.3. The summed E-state index contributed by atoms with van der Waals surface area (Å²) in [4.78, 5) is 0. The largest absolute Gasteiger partial charge is 0.316 e. The first-order chi connectivity index (χ1) is 14.2. The van der Waals surface area contributed by atoms with E-state index < -0.39 is 10.2 Å². The highest BCUT2D eigenvalue weighted by molar-refractivity contribution is 7.90. The molecular formula is C24H25N3O2S. The first-order valence-electron chi connectivity index (χ1n) is 9.84. The molecule has 1 aromatic heterocycles. The second-order valence-electron chi connectivity index (χ2n) is 7.90. The predicted octanol–water partition coefficient (Wildman–Crippen LogP) is 5.34. The van der Waals surface area contributed by atoms with Gasteiger partial charge in [-0.2, -0.15) is 8.42 Å². The maximum atomic E-state index is 11.3. The molecule has 154 valence electrons. The van der Waals surface area contributed by atoms with Crippen molar-refractivity contribution in [2.45, 2.75) is 26.7 Å². The SMILES string of the molecule is Cc1ccc(-c2ccc3c(C(C)C)cn(-c4ccc(NS(N)(=O)=O)cc4)c3c2)cc1. The van der Waals surface area contributed by atoms with E-state index in [9.17, 15) is 8.42 Å². The summed E-state index contributed by atoms with van der Waals surface area (Å²) in [5, 5.41) is 6.28. The van der Waals surface area contributed by atoms with Crippen molar-refractivity contribution in [3.63, 3.8) is 0 Å². The lowest BCUT2D eigenvalue weighted by Gasteiger charge is -2.09. The van der Waals surface area contributed by atoms with Gasteiger partial charge in [-0.25, -0.2) is 5.14 Å². The molecule has 0 aliphatic carbocycles. The predicted molar refractivity (Wildman–Crippen MR) is 124 cm³/mol. The number of aryl methyl sites for hydroxylation is 1. The van der Waals surface area contributed by atoms with Crippen molar-refractivity contribution in [2.24, 2.45) is 5.14 Å². The number of hydrogen-bond donors (Lipinski definition) is 2. The molecule has 4 aromatic rings. The van der Waals surface area contributed by atoms with Crippen molar-refractivity contribution in [3.05, 3.63) is 84.1 Å². The van der Waals surface area contributed by atoms with Gasteiger partial charge in [0, 0.05) is 23.0 Å². The third-order valence-electron chi connectivity index (χ3n) is 5.25. The fourth-order valence-corrected chi connectivity index (χ4v) is 4.17. The van der Waals surface area contributed by atoms with Crippen LogP contribution in [0.4, 0.5) is 5.69 Å². The van der Waals surface area contributed by atoms with Gasteiger partial charge in [0.05, 0.1) is 5.52 Å². The van der Waals surface area contributed by atoms with Crippen LogP contribution in [0.15, 0.2) is 72.9 Å². The number of benzene rings is 3. The van der Waals surface area contributed by atoms with E-state index in [0.717, 1.165) is 16.8 Å². The number of anilines is 1. The number of nitrogens with two attached hydrogens (primary N) is 1. The molecule has 0 saturated heterocycles. The first kappa shape index (κ1) is 20.2. The molecule has 3 aromatic carbocycles. The third kappa shape index (κ3) is 4.10. The van der Waals surface area contributed by atoms with Crippen LogP contribution < -0.4 is 9.86 Å². The van der Waals surface area contributed by atoms with E-state index in [1.165, 1.54) is 22.1 Å². The van der Waals surface area contributed by atoms with Crippen molar-refractivity contribution < 1.29 is 8.42 Å². The molecule has 0 amide bonds. The Bertz CT molecular complexity index is 1300. The molecule has 0 fully saturated rings. The molecule has 30 heavy (non-hydrogen) atoms. The molecule has 0 unspecified atom stereocenters. The quantitative estimate of drug-likeness (QED) is 0.458. The Kier molecular flexibility index (Phi) is 5.13. The fourth-order valence-electron chi connectivity index (χ4n) is 3.71. The first-order valence-corrected chi connectivity index (χ1v) is 11.4. The molecular weight excluding hydrogens is 394 g/mol. The van der Waals surface area contributed by atoms with E-state index in [1.807, 2.05) is 12.1 Å². The summed E-state index contributed by atoms with van der Waals surface area (Å²) in [6, 6.07) is 22.3. The van der Waals surface area contributed by atoms with Crippen molar-refractivity contribution >= 4 is 26.8 Å². The molecule has 0 saturated carbocycles. The zero-order chi connectivity index (χ0) is 21.5. The molecule has 0 atom stereocenters. The smallest absolute Gasteiger partial charge is 0.296 e. The van der Waals surface area contributed by atoms with Crippen LogP contribution in [-0.2, 0) is 10.2 Å². The Balaban J connectivity index is 1.83. The minimum absolute atomic E-state index is 0.377. The van der Waals surface area contributed by atoms with Gasteiger partial charge in [-0.15, -0.1) is 0 Å². The Morgan fingerprint density at radius 2 is 1.53 bits per heavy atom. The molecule has 5 nitrogen and oxygen atoms in total. The van der Waals surface area contributed by atoms with Gasteiger partial charge >= 0.3 is 0 Å². The average molecular weight is 420 g/mol. The van der Waals surface area contributed by atoms with E-state index in [2.05, 4.69) is 78.7 Å². The van der Waals surface area contributed by atoms with E-state index >= 15 is 0 Å². The Labute approximate surface area is 177 Å². The van der Waals surface area contributed by atoms with Gasteiger partial charge in [0.1, 0.15) is 0 Å². The number of fused-ring (bicyclic) bond motifs is 1. The second kappa shape index (κ2) is 7.63. The summed E-state index contributed by atoms with van der Waals surface area (Å²) in [6.07, 6.45) is 2.16.